The van der Waals surface area contributed by atoms with Gasteiger partial charge in [-0.3, -0.25) is 0 Å². The molecule has 1 heterocycles. The lowest BCUT2D eigenvalue weighted by Crippen LogP contribution is -2.01. The van der Waals surface area contributed by atoms with Gasteiger partial charge in [-0.05, 0) is 19.1 Å². The Hall–Kier alpha value is -2.15. The normalized spacial score (nSPS) is 9.71. The van der Waals surface area contributed by atoms with Gasteiger partial charge in [0.15, 0.2) is 0 Å². The van der Waals surface area contributed by atoms with E-state index in [1.807, 2.05) is 25.1 Å². The molecular formula is C10H8N4. The van der Waals surface area contributed by atoms with Crippen molar-refractivity contribution in [1.82, 2.24) is 15.0 Å². The van der Waals surface area contributed by atoms with Crippen molar-refractivity contribution in [2.24, 2.45) is 0 Å². The van der Waals surface area contributed by atoms with Crippen LogP contribution in [0.25, 0.3) is 5.69 Å². The molecule has 0 aliphatic rings. The third kappa shape index (κ3) is 1.25. The Kier molecular flexibility index (Phi) is 1.99. The zero-order valence-electron chi connectivity index (χ0n) is 7.68. The highest BCUT2D eigenvalue weighted by atomic mass is 15.4. The van der Waals surface area contributed by atoms with Crippen LogP contribution in [0.3, 0.4) is 0 Å². The third-order valence-electron chi connectivity index (χ3n) is 1.97. The summed E-state index contributed by atoms with van der Waals surface area (Å²) in [6, 6.07) is 9.43. The summed E-state index contributed by atoms with van der Waals surface area (Å²) >= 11 is 0. The summed E-state index contributed by atoms with van der Waals surface area (Å²) < 4.78 is 1.65. The maximum atomic E-state index is 8.90. The van der Waals surface area contributed by atoms with Crippen LogP contribution in [0.2, 0.25) is 0 Å². The van der Waals surface area contributed by atoms with Crippen LogP contribution in [0.1, 0.15) is 11.3 Å². The van der Waals surface area contributed by atoms with Gasteiger partial charge >= 0.3 is 0 Å². The van der Waals surface area contributed by atoms with E-state index in [0.29, 0.717) is 5.56 Å². The van der Waals surface area contributed by atoms with E-state index in [4.69, 9.17) is 5.26 Å². The molecule has 0 saturated heterocycles. The predicted octanol–water partition coefficient (Wildman–Crippen LogP) is 1.45. The zero-order valence-corrected chi connectivity index (χ0v) is 7.68. The highest BCUT2D eigenvalue weighted by Crippen LogP contribution is 2.13. The molecule has 0 atom stereocenters. The molecule has 0 bridgehead atoms. The Morgan fingerprint density at radius 2 is 2.14 bits per heavy atom. The first kappa shape index (κ1) is 8.45. The van der Waals surface area contributed by atoms with Crippen LogP contribution < -0.4 is 0 Å². The van der Waals surface area contributed by atoms with Crippen molar-refractivity contribution in [3.05, 3.63) is 41.7 Å². The Labute approximate surface area is 81.4 Å². The average Bonchev–Trinajstić information content (AvgIpc) is 2.64. The van der Waals surface area contributed by atoms with Gasteiger partial charge in [0.2, 0.25) is 0 Å². The van der Waals surface area contributed by atoms with Gasteiger partial charge in [-0.25, -0.2) is 4.68 Å². The second-order valence-electron chi connectivity index (χ2n) is 2.92. The van der Waals surface area contributed by atoms with Crippen molar-refractivity contribution in [3.63, 3.8) is 0 Å². The molecule has 0 radical (unpaired) electrons. The van der Waals surface area contributed by atoms with E-state index in [0.717, 1.165) is 11.4 Å². The molecule has 0 amide bonds. The summed E-state index contributed by atoms with van der Waals surface area (Å²) in [5.41, 5.74) is 2.28. The van der Waals surface area contributed by atoms with Crippen molar-refractivity contribution in [1.29, 1.82) is 5.26 Å². The molecule has 68 valence electrons. The lowest BCUT2D eigenvalue weighted by molar-refractivity contribution is 0.783. The van der Waals surface area contributed by atoms with Crippen LogP contribution in [0.4, 0.5) is 0 Å². The maximum Gasteiger partial charge on any atom is 0.101 e. The maximum absolute atomic E-state index is 8.90. The van der Waals surface area contributed by atoms with Crippen molar-refractivity contribution >= 4 is 0 Å². The molecule has 0 fully saturated rings. The lowest BCUT2D eigenvalue weighted by Gasteiger charge is -2.03. The van der Waals surface area contributed by atoms with Crippen molar-refractivity contribution in [2.45, 2.75) is 6.92 Å². The first-order valence-corrected chi connectivity index (χ1v) is 4.20. The van der Waals surface area contributed by atoms with Gasteiger partial charge in [0.05, 0.1) is 23.1 Å². The minimum Gasteiger partial charge on any atom is -0.217 e. The molecule has 14 heavy (non-hydrogen) atoms. The van der Waals surface area contributed by atoms with Gasteiger partial charge in [-0.1, -0.05) is 17.3 Å². The number of hydrogen-bond donors (Lipinski definition) is 0. The summed E-state index contributed by atoms with van der Waals surface area (Å²) in [5.74, 6) is 0. The van der Waals surface area contributed by atoms with Gasteiger partial charge in [-0.15, -0.1) is 5.10 Å². The molecule has 0 spiro atoms. The number of para-hydroxylation sites is 1. The largest absolute Gasteiger partial charge is 0.217 e. The van der Waals surface area contributed by atoms with E-state index >= 15 is 0 Å². The van der Waals surface area contributed by atoms with Gasteiger partial charge in [-0.2, -0.15) is 5.26 Å². The van der Waals surface area contributed by atoms with Crippen molar-refractivity contribution in [2.75, 3.05) is 0 Å². The number of rotatable bonds is 1. The van der Waals surface area contributed by atoms with Gasteiger partial charge in [0.25, 0.3) is 0 Å². The van der Waals surface area contributed by atoms with E-state index in [9.17, 15) is 0 Å². The van der Waals surface area contributed by atoms with Gasteiger partial charge in [0, 0.05) is 0 Å². The van der Waals surface area contributed by atoms with E-state index < -0.39 is 0 Å². The molecule has 0 aliphatic heterocycles. The highest BCUT2D eigenvalue weighted by Gasteiger charge is 2.05. The summed E-state index contributed by atoms with van der Waals surface area (Å²) in [6.45, 7) is 1.90. The fraction of sp³-hybridized carbons (Fsp3) is 0.100. The fourth-order valence-electron chi connectivity index (χ4n) is 1.28. The first-order chi connectivity index (χ1) is 6.83. The smallest absolute Gasteiger partial charge is 0.101 e. The fourth-order valence-corrected chi connectivity index (χ4v) is 1.28. The number of aryl methyl sites for hydroxylation is 1. The van der Waals surface area contributed by atoms with Crippen LogP contribution in [0.15, 0.2) is 30.5 Å². The van der Waals surface area contributed by atoms with E-state index in [2.05, 4.69) is 16.4 Å². The molecule has 1 aromatic heterocycles. The molecule has 0 unspecified atom stereocenters. The van der Waals surface area contributed by atoms with Crippen molar-refractivity contribution < 1.29 is 0 Å². The summed E-state index contributed by atoms with van der Waals surface area (Å²) in [6.07, 6.45) is 1.66. The molecule has 2 rings (SSSR count). The standard InChI is InChI=1S/C10H8N4/c1-8-7-12-13-14(8)10-5-3-2-4-9(10)6-11/h2-5,7H,1H3. The summed E-state index contributed by atoms with van der Waals surface area (Å²) in [5, 5.41) is 16.6. The number of benzene rings is 1. The minimum atomic E-state index is 0.598. The van der Waals surface area contributed by atoms with Crippen LogP contribution in [-0.2, 0) is 0 Å². The van der Waals surface area contributed by atoms with Gasteiger partial charge < -0.3 is 0 Å². The molecule has 1 aromatic carbocycles. The predicted molar refractivity (Wildman–Crippen MR) is 50.8 cm³/mol. The minimum absolute atomic E-state index is 0.598. The molecular weight excluding hydrogens is 176 g/mol. The van der Waals surface area contributed by atoms with Gasteiger partial charge in [0.1, 0.15) is 6.07 Å². The number of hydrogen-bond acceptors (Lipinski definition) is 3. The quantitative estimate of drug-likeness (QED) is 0.674. The first-order valence-electron chi connectivity index (χ1n) is 4.20. The summed E-state index contributed by atoms with van der Waals surface area (Å²) in [4.78, 5) is 0. The molecule has 4 nitrogen and oxygen atoms in total. The molecule has 0 N–H and O–H groups in total. The third-order valence-corrected chi connectivity index (χ3v) is 1.97. The molecule has 0 saturated carbocycles. The Balaban J connectivity index is 2.64. The molecule has 4 heteroatoms. The SMILES string of the molecule is Cc1cnnn1-c1ccccc1C#N. The number of aromatic nitrogens is 3. The van der Waals surface area contributed by atoms with Crippen LogP contribution in [0.5, 0.6) is 0 Å². The second kappa shape index (κ2) is 3.30. The van der Waals surface area contributed by atoms with Crippen LogP contribution in [-0.4, -0.2) is 15.0 Å². The summed E-state index contributed by atoms with van der Waals surface area (Å²) in [7, 11) is 0. The number of nitrogens with zero attached hydrogens (tertiary/aromatic N) is 4. The van der Waals surface area contributed by atoms with Crippen LogP contribution in [0, 0.1) is 18.3 Å². The Morgan fingerprint density at radius 3 is 2.79 bits per heavy atom. The Bertz CT molecular complexity index is 493. The lowest BCUT2D eigenvalue weighted by atomic mass is 10.2. The zero-order chi connectivity index (χ0) is 9.97. The highest BCUT2D eigenvalue weighted by molar-refractivity contribution is 5.48. The second-order valence-corrected chi connectivity index (χ2v) is 2.92. The monoisotopic (exact) mass is 184 g/mol. The van der Waals surface area contributed by atoms with Crippen LogP contribution >= 0.6 is 0 Å². The van der Waals surface area contributed by atoms with E-state index in [1.54, 1.807) is 16.9 Å². The average molecular weight is 184 g/mol. The van der Waals surface area contributed by atoms with E-state index in [1.165, 1.54) is 0 Å². The Morgan fingerprint density at radius 1 is 1.36 bits per heavy atom. The topological polar surface area (TPSA) is 54.5 Å². The number of nitriles is 1. The molecule has 2 aromatic rings. The molecule has 0 aliphatic carbocycles. The van der Waals surface area contributed by atoms with E-state index in [-0.39, 0.29) is 0 Å². The van der Waals surface area contributed by atoms with Crippen molar-refractivity contribution in [3.8, 4) is 11.8 Å².